The van der Waals surface area contributed by atoms with E-state index < -0.39 is 6.16 Å². The molecule has 0 saturated heterocycles. The lowest BCUT2D eigenvalue weighted by Crippen LogP contribution is -2.02. The molecule has 0 aliphatic heterocycles. The molecule has 0 rings (SSSR count). The number of rotatable bonds is 0. The van der Waals surface area contributed by atoms with Gasteiger partial charge in [-0.1, -0.05) is 0 Å². The molecule has 0 radical (unpaired) electrons. The molecular formula is C3H10N2O3. The van der Waals surface area contributed by atoms with E-state index in [0.29, 0.717) is 0 Å². The molecule has 0 aliphatic rings. The summed E-state index contributed by atoms with van der Waals surface area (Å²) in [5.74, 6) is 8.00. The van der Waals surface area contributed by atoms with Crippen LogP contribution in [0.3, 0.4) is 0 Å². The fourth-order valence-corrected chi connectivity index (χ4v) is 0. The van der Waals surface area contributed by atoms with Crippen molar-refractivity contribution in [3.05, 3.63) is 13.2 Å². The number of carbonyl (C=O) groups is 1. The first-order valence-electron chi connectivity index (χ1n) is 1.48. The first kappa shape index (κ1) is 15.8. The summed E-state index contributed by atoms with van der Waals surface area (Å²) in [4.78, 5) is 8.56. The lowest BCUT2D eigenvalue weighted by Gasteiger charge is -1.60. The van der Waals surface area contributed by atoms with Crippen LogP contribution in [0.1, 0.15) is 0 Å². The van der Waals surface area contributed by atoms with E-state index in [9.17, 15) is 0 Å². The van der Waals surface area contributed by atoms with Crippen LogP contribution in [0, 0.1) is 0 Å². The van der Waals surface area contributed by atoms with Crippen LogP contribution in [0.25, 0.3) is 0 Å². The second-order valence-corrected chi connectivity index (χ2v) is 0.283. The van der Waals surface area contributed by atoms with E-state index in [1.165, 1.54) is 0 Å². The first-order chi connectivity index (χ1) is 3.73. The van der Waals surface area contributed by atoms with E-state index in [2.05, 4.69) is 24.8 Å². The van der Waals surface area contributed by atoms with Crippen molar-refractivity contribution >= 4 is 6.16 Å². The zero-order valence-electron chi connectivity index (χ0n) is 4.37. The minimum absolute atomic E-state index is 1.83. The average Bonchev–Trinajstić information content (AvgIpc) is 1.75. The predicted molar refractivity (Wildman–Crippen MR) is 30.3 cm³/mol. The van der Waals surface area contributed by atoms with Crippen LogP contribution in [-0.4, -0.2) is 16.4 Å². The largest absolute Gasteiger partial charge is 0.503 e. The average molecular weight is 122 g/mol. The normalized spacial score (nSPS) is 4.25. The Morgan fingerprint density at radius 3 is 1.25 bits per heavy atom. The van der Waals surface area contributed by atoms with E-state index in [1.54, 1.807) is 0 Å². The summed E-state index contributed by atoms with van der Waals surface area (Å²) in [5, 5.41) is 13.9. The minimum Gasteiger partial charge on any atom is -0.450 e. The molecule has 0 aromatic carbocycles. The number of hydrogen-bond acceptors (Lipinski definition) is 3. The van der Waals surface area contributed by atoms with Gasteiger partial charge >= 0.3 is 6.16 Å². The predicted octanol–water partition coefficient (Wildman–Crippen LogP) is -0.157. The summed E-state index contributed by atoms with van der Waals surface area (Å²) in [5.41, 5.74) is 0. The Morgan fingerprint density at radius 2 is 1.25 bits per heavy atom. The molecule has 0 amide bonds. The number of nitrogens with two attached hydrogens (primary N) is 2. The molecule has 0 saturated carbocycles. The Kier molecular flexibility index (Phi) is 76.3. The molecule has 0 aliphatic carbocycles. The van der Waals surface area contributed by atoms with E-state index in [1.807, 2.05) is 0 Å². The van der Waals surface area contributed by atoms with Crippen molar-refractivity contribution in [2.75, 3.05) is 0 Å². The van der Waals surface area contributed by atoms with Crippen molar-refractivity contribution in [1.29, 1.82) is 0 Å². The molecule has 8 heavy (non-hydrogen) atoms. The van der Waals surface area contributed by atoms with Gasteiger partial charge in [-0.3, -0.25) is 11.7 Å². The van der Waals surface area contributed by atoms with Gasteiger partial charge in [-0.15, -0.1) is 13.2 Å². The third-order valence-electron chi connectivity index (χ3n) is 0. The molecular weight excluding hydrogens is 112 g/mol. The maximum absolute atomic E-state index is 8.56. The van der Waals surface area contributed by atoms with Gasteiger partial charge in [0.1, 0.15) is 0 Å². The standard InChI is InChI=1S/C2H4.CH2O3.H4N2/c1-2;2-1(3)4;1-2/h1-2H2;(H2,2,3,4);1-2H2. The lowest BCUT2D eigenvalue weighted by atomic mass is 11.3. The molecule has 6 N–H and O–H groups in total. The van der Waals surface area contributed by atoms with Crippen molar-refractivity contribution in [1.82, 2.24) is 0 Å². The highest BCUT2D eigenvalue weighted by Crippen LogP contribution is 1.42. The Bertz CT molecular complexity index is 43.8. The van der Waals surface area contributed by atoms with E-state index >= 15 is 0 Å². The van der Waals surface area contributed by atoms with E-state index in [0.717, 1.165) is 0 Å². The highest BCUT2D eigenvalue weighted by Gasteiger charge is 1.70. The lowest BCUT2D eigenvalue weighted by molar-refractivity contribution is 0.137. The third kappa shape index (κ3) is 66.5. The van der Waals surface area contributed by atoms with Crippen LogP contribution >= 0.6 is 0 Å². The van der Waals surface area contributed by atoms with Gasteiger partial charge in [0.05, 0.1) is 0 Å². The summed E-state index contributed by atoms with van der Waals surface area (Å²) in [6.45, 7) is 6.00. The molecule has 50 valence electrons. The highest BCUT2D eigenvalue weighted by atomic mass is 16.6. The van der Waals surface area contributed by atoms with Crippen LogP contribution in [0.2, 0.25) is 0 Å². The summed E-state index contributed by atoms with van der Waals surface area (Å²) >= 11 is 0. The summed E-state index contributed by atoms with van der Waals surface area (Å²) in [6, 6.07) is 0. The van der Waals surface area contributed by atoms with Gasteiger partial charge < -0.3 is 10.2 Å². The summed E-state index contributed by atoms with van der Waals surface area (Å²) < 4.78 is 0. The SMILES string of the molecule is C=C.NN.O=C(O)O. The number of hydrazine groups is 1. The smallest absolute Gasteiger partial charge is 0.450 e. The van der Waals surface area contributed by atoms with Gasteiger partial charge in [-0.05, 0) is 0 Å². The minimum atomic E-state index is -1.83. The monoisotopic (exact) mass is 122 g/mol. The summed E-state index contributed by atoms with van der Waals surface area (Å²) in [6.07, 6.45) is -1.83. The van der Waals surface area contributed by atoms with Crippen LogP contribution in [0.5, 0.6) is 0 Å². The van der Waals surface area contributed by atoms with Gasteiger partial charge in [0.15, 0.2) is 0 Å². The Labute approximate surface area is 47.2 Å². The fourth-order valence-electron chi connectivity index (χ4n) is 0. The number of hydrogen-bond donors (Lipinski definition) is 4. The zero-order chi connectivity index (χ0) is 7.58. The van der Waals surface area contributed by atoms with Crippen LogP contribution in [0.4, 0.5) is 4.79 Å². The maximum atomic E-state index is 8.56. The molecule has 5 heteroatoms. The Hall–Kier alpha value is -1.07. The second-order valence-electron chi connectivity index (χ2n) is 0.283. The molecule has 0 bridgehead atoms. The van der Waals surface area contributed by atoms with Crippen molar-refractivity contribution < 1.29 is 15.0 Å². The maximum Gasteiger partial charge on any atom is 0.503 e. The van der Waals surface area contributed by atoms with Crippen LogP contribution in [-0.2, 0) is 0 Å². The molecule has 0 heterocycles. The zero-order valence-corrected chi connectivity index (χ0v) is 4.37. The molecule has 0 spiro atoms. The van der Waals surface area contributed by atoms with Crippen molar-refractivity contribution in [2.45, 2.75) is 0 Å². The van der Waals surface area contributed by atoms with Gasteiger partial charge in [-0.25, -0.2) is 4.79 Å². The van der Waals surface area contributed by atoms with Gasteiger partial charge in [0.2, 0.25) is 0 Å². The Balaban J connectivity index is -0.0000000542. The van der Waals surface area contributed by atoms with E-state index in [4.69, 9.17) is 15.0 Å². The molecule has 0 aromatic heterocycles. The molecule has 0 unspecified atom stereocenters. The molecule has 0 aromatic rings. The molecule has 5 nitrogen and oxygen atoms in total. The quantitative estimate of drug-likeness (QED) is 0.203. The Morgan fingerprint density at radius 1 is 1.25 bits per heavy atom. The molecule has 0 fully saturated rings. The first-order valence-corrected chi connectivity index (χ1v) is 1.48. The summed E-state index contributed by atoms with van der Waals surface area (Å²) in [7, 11) is 0. The number of carboxylic acid groups (broad SMARTS) is 2. The second kappa shape index (κ2) is 38.7. The topological polar surface area (TPSA) is 110 Å². The van der Waals surface area contributed by atoms with Crippen molar-refractivity contribution in [2.24, 2.45) is 11.7 Å². The van der Waals surface area contributed by atoms with Gasteiger partial charge in [0.25, 0.3) is 0 Å². The molecule has 0 atom stereocenters. The van der Waals surface area contributed by atoms with Crippen molar-refractivity contribution in [3.8, 4) is 0 Å². The van der Waals surface area contributed by atoms with E-state index in [-0.39, 0.29) is 0 Å². The van der Waals surface area contributed by atoms with Gasteiger partial charge in [0, 0.05) is 0 Å². The third-order valence-corrected chi connectivity index (χ3v) is 0. The van der Waals surface area contributed by atoms with Crippen LogP contribution < -0.4 is 11.7 Å². The fraction of sp³-hybridized carbons (Fsp3) is 0. The van der Waals surface area contributed by atoms with Crippen LogP contribution in [0.15, 0.2) is 13.2 Å². The van der Waals surface area contributed by atoms with Crippen molar-refractivity contribution in [3.63, 3.8) is 0 Å². The highest BCUT2D eigenvalue weighted by molar-refractivity contribution is 5.53. The van der Waals surface area contributed by atoms with Gasteiger partial charge in [-0.2, -0.15) is 0 Å².